The monoisotopic (exact) mass is 410 g/mol. The van der Waals surface area contributed by atoms with Gasteiger partial charge in [0.1, 0.15) is 0 Å². The molecule has 0 aliphatic rings. The minimum atomic E-state index is -3.51. The van der Waals surface area contributed by atoms with Gasteiger partial charge in [-0.1, -0.05) is 42.0 Å². The summed E-state index contributed by atoms with van der Waals surface area (Å²) in [6.45, 7) is 1.87. The Balaban J connectivity index is 2.10. The lowest BCUT2D eigenvalue weighted by atomic mass is 10.1. The van der Waals surface area contributed by atoms with Crippen LogP contribution in [0, 0.1) is 6.92 Å². The third-order valence-corrected chi connectivity index (χ3v) is 5.30. The smallest absolute Gasteiger partial charge is 0.239 e. The molecule has 1 N–H and O–H groups in total. The average Bonchev–Trinajstić information content (AvgIpc) is 2.50. The molecule has 0 saturated heterocycles. The summed E-state index contributed by atoms with van der Waals surface area (Å²) >= 11 is 3.34. The number of nitrogens with one attached hydrogen (secondary N) is 1. The molecule has 0 radical (unpaired) electrons. The largest absolute Gasteiger partial charge is 0.324 e. The van der Waals surface area contributed by atoms with E-state index in [1.807, 2.05) is 37.3 Å². The maximum atomic E-state index is 12.2. The van der Waals surface area contributed by atoms with Crippen LogP contribution >= 0.6 is 15.9 Å². The number of anilines is 1. The maximum absolute atomic E-state index is 12.2. The molecule has 24 heavy (non-hydrogen) atoms. The van der Waals surface area contributed by atoms with Gasteiger partial charge in [0, 0.05) is 11.0 Å². The fraction of sp³-hybridized carbons (Fsp3) is 0.235. The van der Waals surface area contributed by atoms with Crippen molar-refractivity contribution in [3.05, 3.63) is 64.1 Å². The molecule has 2 aromatic rings. The molecule has 0 heterocycles. The van der Waals surface area contributed by atoms with Crippen molar-refractivity contribution in [2.45, 2.75) is 13.5 Å². The molecule has 0 unspecified atom stereocenters. The fourth-order valence-corrected chi connectivity index (χ4v) is 3.22. The lowest BCUT2D eigenvalue weighted by molar-refractivity contribution is -0.116. The van der Waals surface area contributed by atoms with Crippen LogP contribution in [0.4, 0.5) is 5.69 Å². The molecule has 7 heteroatoms. The second kappa shape index (κ2) is 7.92. The quantitative estimate of drug-likeness (QED) is 0.794. The third-order valence-electron chi connectivity index (χ3n) is 3.42. The summed E-state index contributed by atoms with van der Waals surface area (Å²) in [4.78, 5) is 12.2. The summed E-state index contributed by atoms with van der Waals surface area (Å²) in [5, 5.41) is 2.72. The van der Waals surface area contributed by atoms with Crippen LogP contribution in [0.15, 0.2) is 53.0 Å². The molecule has 0 aliphatic heterocycles. The van der Waals surface area contributed by atoms with Gasteiger partial charge in [0.15, 0.2) is 0 Å². The zero-order valence-electron chi connectivity index (χ0n) is 13.5. The highest BCUT2D eigenvalue weighted by atomic mass is 79.9. The average molecular weight is 411 g/mol. The van der Waals surface area contributed by atoms with Gasteiger partial charge in [-0.25, -0.2) is 8.42 Å². The van der Waals surface area contributed by atoms with Crippen LogP contribution in [0.25, 0.3) is 0 Å². The van der Waals surface area contributed by atoms with Gasteiger partial charge in [-0.05, 0) is 40.5 Å². The van der Waals surface area contributed by atoms with E-state index in [4.69, 9.17) is 0 Å². The molecular weight excluding hydrogens is 392 g/mol. The Labute approximate surface area is 150 Å². The van der Waals surface area contributed by atoms with Crippen LogP contribution in [0.3, 0.4) is 0 Å². The molecule has 0 spiro atoms. The van der Waals surface area contributed by atoms with E-state index in [0.717, 1.165) is 26.2 Å². The molecule has 0 aliphatic carbocycles. The van der Waals surface area contributed by atoms with Gasteiger partial charge in [-0.3, -0.25) is 4.79 Å². The number of benzene rings is 2. The number of aryl methyl sites for hydroxylation is 1. The molecule has 1 amide bonds. The number of rotatable bonds is 6. The topological polar surface area (TPSA) is 66.5 Å². The van der Waals surface area contributed by atoms with E-state index in [-0.39, 0.29) is 19.0 Å². The number of carbonyl (C=O) groups is 1. The summed E-state index contributed by atoms with van der Waals surface area (Å²) in [5.74, 6) is -0.389. The molecule has 0 saturated carbocycles. The van der Waals surface area contributed by atoms with E-state index in [1.165, 1.54) is 0 Å². The number of sulfonamides is 1. The molecule has 0 fully saturated rings. The van der Waals surface area contributed by atoms with Gasteiger partial charge < -0.3 is 5.32 Å². The second-order valence-electron chi connectivity index (χ2n) is 5.54. The van der Waals surface area contributed by atoms with Crippen LogP contribution in [-0.4, -0.2) is 31.4 Å². The highest BCUT2D eigenvalue weighted by molar-refractivity contribution is 9.10. The van der Waals surface area contributed by atoms with Gasteiger partial charge in [0.25, 0.3) is 0 Å². The van der Waals surface area contributed by atoms with Crippen molar-refractivity contribution in [2.24, 2.45) is 0 Å². The van der Waals surface area contributed by atoms with Gasteiger partial charge in [0.2, 0.25) is 15.9 Å². The first-order valence-electron chi connectivity index (χ1n) is 7.31. The highest BCUT2D eigenvalue weighted by Crippen LogP contribution is 2.21. The van der Waals surface area contributed by atoms with Crippen molar-refractivity contribution in [2.75, 3.05) is 18.1 Å². The summed E-state index contributed by atoms with van der Waals surface area (Å²) in [7, 11) is -3.51. The van der Waals surface area contributed by atoms with Crippen molar-refractivity contribution in [3.63, 3.8) is 0 Å². The third kappa shape index (κ3) is 5.43. The zero-order chi connectivity index (χ0) is 17.7. The molecule has 2 aromatic carbocycles. The van der Waals surface area contributed by atoms with Crippen molar-refractivity contribution in [3.8, 4) is 0 Å². The highest BCUT2D eigenvalue weighted by Gasteiger charge is 2.21. The normalized spacial score (nSPS) is 11.5. The first-order chi connectivity index (χ1) is 11.3. The Morgan fingerprint density at radius 2 is 1.75 bits per heavy atom. The van der Waals surface area contributed by atoms with E-state index in [0.29, 0.717) is 5.69 Å². The molecule has 0 atom stereocenters. The first kappa shape index (κ1) is 18.6. The van der Waals surface area contributed by atoms with Gasteiger partial charge in [-0.15, -0.1) is 0 Å². The minimum absolute atomic E-state index is 0.155. The second-order valence-corrected chi connectivity index (χ2v) is 8.38. The summed E-state index contributed by atoms with van der Waals surface area (Å²) in [6.07, 6.45) is 1.10. The Kier molecular flexibility index (Phi) is 6.15. The molecule has 128 valence electrons. The number of nitrogens with zero attached hydrogens (tertiary/aromatic N) is 1. The summed E-state index contributed by atoms with van der Waals surface area (Å²) in [5.41, 5.74) is 2.53. The Bertz CT molecular complexity index is 820. The number of para-hydroxylation sites is 1. The van der Waals surface area contributed by atoms with Crippen molar-refractivity contribution >= 4 is 37.5 Å². The summed E-state index contributed by atoms with van der Waals surface area (Å²) < 4.78 is 25.9. The van der Waals surface area contributed by atoms with Crippen LogP contribution in [0.1, 0.15) is 11.1 Å². The van der Waals surface area contributed by atoms with Crippen molar-refractivity contribution < 1.29 is 13.2 Å². The van der Waals surface area contributed by atoms with E-state index in [1.54, 1.807) is 18.2 Å². The molecular formula is C17H19BrN2O3S. The molecule has 2 rings (SSSR count). The van der Waals surface area contributed by atoms with Gasteiger partial charge in [0.05, 0.1) is 18.5 Å². The summed E-state index contributed by atoms with van der Waals surface area (Å²) in [6, 6.07) is 14.7. The van der Waals surface area contributed by atoms with E-state index in [2.05, 4.69) is 21.2 Å². The van der Waals surface area contributed by atoms with Crippen molar-refractivity contribution in [1.29, 1.82) is 0 Å². The number of amides is 1. The molecule has 0 aromatic heterocycles. The van der Waals surface area contributed by atoms with Crippen LogP contribution < -0.4 is 5.32 Å². The predicted molar refractivity (Wildman–Crippen MR) is 99.2 cm³/mol. The number of hydrogen-bond acceptors (Lipinski definition) is 3. The van der Waals surface area contributed by atoms with Crippen LogP contribution in [0.2, 0.25) is 0 Å². The minimum Gasteiger partial charge on any atom is -0.324 e. The maximum Gasteiger partial charge on any atom is 0.239 e. The first-order valence-corrected chi connectivity index (χ1v) is 9.95. The van der Waals surface area contributed by atoms with E-state index >= 15 is 0 Å². The predicted octanol–water partition coefficient (Wildman–Crippen LogP) is 3.16. The number of carbonyl (C=O) groups excluding carboxylic acids is 1. The Morgan fingerprint density at radius 3 is 2.33 bits per heavy atom. The lowest BCUT2D eigenvalue weighted by Gasteiger charge is -2.20. The number of hydrogen-bond donors (Lipinski definition) is 1. The van der Waals surface area contributed by atoms with Crippen LogP contribution in [-0.2, 0) is 21.4 Å². The fourth-order valence-electron chi connectivity index (χ4n) is 2.10. The van der Waals surface area contributed by atoms with Crippen molar-refractivity contribution in [1.82, 2.24) is 4.31 Å². The Morgan fingerprint density at radius 1 is 1.12 bits per heavy atom. The Hall–Kier alpha value is -1.70. The van der Waals surface area contributed by atoms with Crippen LogP contribution in [0.5, 0.6) is 0 Å². The molecule has 0 bridgehead atoms. The lowest BCUT2D eigenvalue weighted by Crippen LogP contribution is -2.36. The van der Waals surface area contributed by atoms with Gasteiger partial charge >= 0.3 is 0 Å². The van der Waals surface area contributed by atoms with E-state index in [9.17, 15) is 13.2 Å². The zero-order valence-corrected chi connectivity index (χ0v) is 15.9. The number of halogens is 1. The SMILES string of the molecule is Cc1ccc(CN(CC(=O)Nc2ccccc2Br)S(C)(=O)=O)cc1. The molecule has 5 nitrogen and oxygen atoms in total. The van der Waals surface area contributed by atoms with Gasteiger partial charge in [-0.2, -0.15) is 4.31 Å². The van der Waals surface area contributed by atoms with E-state index < -0.39 is 10.0 Å². The standard InChI is InChI=1S/C17H19BrN2O3S/c1-13-7-9-14(10-8-13)11-20(24(2,22)23)12-17(21)19-16-6-4-3-5-15(16)18/h3-10H,11-12H2,1-2H3,(H,19,21).